The molecule has 6 nitrogen and oxygen atoms in total. The van der Waals surface area contributed by atoms with E-state index < -0.39 is 18.1 Å². The average Bonchev–Trinajstić information content (AvgIpc) is 2.36. The number of carbonyl (C=O) groups is 2. The predicted molar refractivity (Wildman–Crippen MR) is 65.0 cm³/mol. The molecule has 0 aliphatic heterocycles. The Morgan fingerprint density at radius 3 is 2.44 bits per heavy atom. The fraction of sp³-hybridized carbons (Fsp3) is 0.333. The van der Waals surface area contributed by atoms with Crippen LogP contribution in [0.4, 0.5) is 4.79 Å². The van der Waals surface area contributed by atoms with Crippen LogP contribution in [0.3, 0.4) is 0 Å². The molecule has 0 aliphatic rings. The Morgan fingerprint density at radius 1 is 1.28 bits per heavy atom. The number of carbonyl (C=O) groups excluding carboxylic acids is 1. The quantitative estimate of drug-likeness (QED) is 0.613. The zero-order valence-corrected chi connectivity index (χ0v) is 9.96. The van der Waals surface area contributed by atoms with Crippen molar-refractivity contribution in [1.82, 2.24) is 10.6 Å². The van der Waals surface area contributed by atoms with Gasteiger partial charge in [-0.25, -0.2) is 4.79 Å². The van der Waals surface area contributed by atoms with Gasteiger partial charge in [0.2, 0.25) is 0 Å². The van der Waals surface area contributed by atoms with Gasteiger partial charge in [-0.1, -0.05) is 30.3 Å². The maximum atomic E-state index is 11.5. The molecule has 18 heavy (non-hydrogen) atoms. The molecule has 0 saturated carbocycles. The van der Waals surface area contributed by atoms with Gasteiger partial charge in [-0.2, -0.15) is 0 Å². The number of aliphatic hydroxyl groups excluding tert-OH is 1. The van der Waals surface area contributed by atoms with Crippen LogP contribution < -0.4 is 10.6 Å². The topological polar surface area (TPSA) is 98.7 Å². The van der Waals surface area contributed by atoms with E-state index in [2.05, 4.69) is 5.32 Å². The Balaban J connectivity index is 2.46. The number of carboxylic acid groups (broad SMARTS) is 1. The molecule has 0 fully saturated rings. The lowest BCUT2D eigenvalue weighted by Crippen LogP contribution is -2.43. The van der Waals surface area contributed by atoms with E-state index in [-0.39, 0.29) is 12.6 Å². The van der Waals surface area contributed by atoms with Crippen LogP contribution in [0.15, 0.2) is 30.3 Å². The Kier molecular flexibility index (Phi) is 5.13. The third-order valence-electron chi connectivity index (χ3n) is 2.41. The summed E-state index contributed by atoms with van der Waals surface area (Å²) < 4.78 is 0. The second-order valence-corrected chi connectivity index (χ2v) is 3.84. The molecule has 2 amide bonds. The van der Waals surface area contributed by atoms with Gasteiger partial charge in [-0.15, -0.1) is 0 Å². The maximum absolute atomic E-state index is 11.5. The molecule has 98 valence electrons. The van der Waals surface area contributed by atoms with E-state index in [1.165, 1.54) is 0 Å². The van der Waals surface area contributed by atoms with Crippen molar-refractivity contribution in [3.8, 4) is 0 Å². The highest BCUT2D eigenvalue weighted by atomic mass is 16.4. The lowest BCUT2D eigenvalue weighted by atomic mass is 10.1. The third kappa shape index (κ3) is 4.42. The van der Waals surface area contributed by atoms with Crippen LogP contribution in [0.2, 0.25) is 0 Å². The number of benzene rings is 1. The molecule has 4 N–H and O–H groups in total. The normalized spacial score (nSPS) is 13.4. The van der Waals surface area contributed by atoms with E-state index in [9.17, 15) is 14.7 Å². The minimum absolute atomic E-state index is 0.252. The van der Waals surface area contributed by atoms with Crippen molar-refractivity contribution in [2.75, 3.05) is 6.54 Å². The van der Waals surface area contributed by atoms with Gasteiger partial charge in [0.05, 0.1) is 12.6 Å². The van der Waals surface area contributed by atoms with E-state index in [0.29, 0.717) is 0 Å². The number of aliphatic hydroxyl groups is 1. The first kappa shape index (κ1) is 14.0. The fourth-order valence-electron chi connectivity index (χ4n) is 1.41. The molecule has 2 atom stereocenters. The SMILES string of the molecule is C[C@@H](NC(=O)C(O)CNC(=O)O)c1ccccc1. The smallest absolute Gasteiger partial charge is 0.404 e. The molecular weight excluding hydrogens is 236 g/mol. The van der Waals surface area contributed by atoms with Crippen molar-refractivity contribution in [2.45, 2.75) is 19.1 Å². The van der Waals surface area contributed by atoms with Crippen molar-refractivity contribution in [3.63, 3.8) is 0 Å². The minimum atomic E-state index is -1.40. The zero-order chi connectivity index (χ0) is 13.5. The highest BCUT2D eigenvalue weighted by Crippen LogP contribution is 2.10. The van der Waals surface area contributed by atoms with Crippen molar-refractivity contribution in [2.24, 2.45) is 0 Å². The molecule has 1 aromatic carbocycles. The van der Waals surface area contributed by atoms with Gasteiger partial charge in [0.15, 0.2) is 0 Å². The molecule has 1 unspecified atom stereocenters. The standard InChI is InChI=1S/C12H16N2O4/c1-8(9-5-3-2-4-6-9)14-11(16)10(15)7-13-12(17)18/h2-6,8,10,13,15H,7H2,1H3,(H,14,16)(H,17,18)/t8-,10?/m1/s1. The van der Waals surface area contributed by atoms with Crippen molar-refractivity contribution in [1.29, 1.82) is 0 Å². The van der Waals surface area contributed by atoms with E-state index in [1.807, 2.05) is 35.6 Å². The summed E-state index contributed by atoms with van der Waals surface area (Å²) >= 11 is 0. The van der Waals surface area contributed by atoms with E-state index in [0.717, 1.165) is 5.56 Å². The number of nitrogens with one attached hydrogen (secondary N) is 2. The summed E-state index contributed by atoms with van der Waals surface area (Å²) in [4.78, 5) is 21.8. The fourth-order valence-corrected chi connectivity index (χ4v) is 1.41. The Morgan fingerprint density at radius 2 is 1.89 bits per heavy atom. The van der Waals surface area contributed by atoms with Gasteiger partial charge in [0, 0.05) is 0 Å². The molecule has 0 saturated heterocycles. The lowest BCUT2D eigenvalue weighted by molar-refractivity contribution is -0.129. The number of amides is 2. The van der Waals surface area contributed by atoms with Crippen LogP contribution in [0, 0.1) is 0 Å². The van der Waals surface area contributed by atoms with Crippen molar-refractivity contribution < 1.29 is 19.8 Å². The van der Waals surface area contributed by atoms with Crippen LogP contribution in [-0.2, 0) is 4.79 Å². The van der Waals surface area contributed by atoms with Gasteiger partial charge in [-0.05, 0) is 12.5 Å². The molecule has 1 rings (SSSR count). The summed E-state index contributed by atoms with van der Waals surface area (Å²) in [6, 6.07) is 9.02. The Hall–Kier alpha value is -2.08. The second kappa shape index (κ2) is 6.61. The molecule has 0 spiro atoms. The molecule has 0 bridgehead atoms. The molecule has 0 radical (unpaired) electrons. The maximum Gasteiger partial charge on any atom is 0.404 e. The summed E-state index contributed by atoms with van der Waals surface area (Å²) in [5, 5.41) is 22.3. The van der Waals surface area contributed by atoms with Gasteiger partial charge < -0.3 is 20.8 Å². The van der Waals surface area contributed by atoms with Crippen molar-refractivity contribution >= 4 is 12.0 Å². The zero-order valence-electron chi connectivity index (χ0n) is 9.96. The summed E-state index contributed by atoms with van der Waals surface area (Å²) in [5.41, 5.74) is 0.907. The summed E-state index contributed by atoms with van der Waals surface area (Å²) in [6.07, 6.45) is -2.68. The summed E-state index contributed by atoms with van der Waals surface area (Å²) in [6.45, 7) is 1.45. The highest BCUT2D eigenvalue weighted by molar-refractivity contribution is 5.81. The first-order chi connectivity index (χ1) is 8.50. The second-order valence-electron chi connectivity index (χ2n) is 3.84. The van der Waals surface area contributed by atoms with Gasteiger partial charge in [0.1, 0.15) is 6.10 Å². The number of hydrogen-bond donors (Lipinski definition) is 4. The average molecular weight is 252 g/mol. The number of rotatable bonds is 5. The molecule has 0 aromatic heterocycles. The number of hydrogen-bond acceptors (Lipinski definition) is 3. The predicted octanol–water partition coefficient (Wildman–Crippen LogP) is 0.492. The van der Waals surface area contributed by atoms with Gasteiger partial charge in [-0.3, -0.25) is 4.79 Å². The highest BCUT2D eigenvalue weighted by Gasteiger charge is 2.18. The molecule has 6 heteroatoms. The minimum Gasteiger partial charge on any atom is -0.465 e. The largest absolute Gasteiger partial charge is 0.465 e. The summed E-state index contributed by atoms with van der Waals surface area (Å²) in [5.74, 6) is -0.611. The summed E-state index contributed by atoms with van der Waals surface area (Å²) in [7, 11) is 0. The molecule has 1 aromatic rings. The monoisotopic (exact) mass is 252 g/mol. The molecule has 0 heterocycles. The Labute approximate surface area is 105 Å². The van der Waals surface area contributed by atoms with Gasteiger partial charge in [0.25, 0.3) is 5.91 Å². The van der Waals surface area contributed by atoms with Crippen LogP contribution in [-0.4, -0.2) is 34.9 Å². The van der Waals surface area contributed by atoms with Crippen LogP contribution in [0.25, 0.3) is 0 Å². The van der Waals surface area contributed by atoms with E-state index in [4.69, 9.17) is 5.11 Å². The molecular formula is C12H16N2O4. The van der Waals surface area contributed by atoms with E-state index in [1.54, 1.807) is 6.92 Å². The van der Waals surface area contributed by atoms with Gasteiger partial charge >= 0.3 is 6.09 Å². The first-order valence-corrected chi connectivity index (χ1v) is 5.51. The molecule has 0 aliphatic carbocycles. The van der Waals surface area contributed by atoms with Crippen LogP contribution >= 0.6 is 0 Å². The van der Waals surface area contributed by atoms with Crippen molar-refractivity contribution in [3.05, 3.63) is 35.9 Å². The lowest BCUT2D eigenvalue weighted by Gasteiger charge is -2.17. The Bertz CT molecular complexity index is 408. The van der Waals surface area contributed by atoms with Crippen LogP contribution in [0.5, 0.6) is 0 Å². The van der Waals surface area contributed by atoms with Crippen LogP contribution in [0.1, 0.15) is 18.5 Å². The third-order valence-corrected chi connectivity index (χ3v) is 2.41. The first-order valence-electron chi connectivity index (χ1n) is 5.51. The van der Waals surface area contributed by atoms with E-state index >= 15 is 0 Å².